The number of nitrogens with zero attached hydrogens (tertiary/aromatic N) is 3. The third-order valence-corrected chi connectivity index (χ3v) is 6.92. The summed E-state index contributed by atoms with van der Waals surface area (Å²) in [6.45, 7) is 5.75. The fraction of sp³-hybridized carbons (Fsp3) is 0.583. The summed E-state index contributed by atoms with van der Waals surface area (Å²) < 4.78 is 0. The topological polar surface area (TPSA) is 84.3 Å². The fourth-order valence-corrected chi connectivity index (χ4v) is 4.79. The third kappa shape index (κ3) is 7.97. The van der Waals surface area contributed by atoms with Crippen LogP contribution in [0, 0.1) is 5.92 Å². The van der Waals surface area contributed by atoms with Gasteiger partial charge in [0.15, 0.2) is 0 Å². The highest BCUT2D eigenvalue weighted by atomic mass is 35.5. The van der Waals surface area contributed by atoms with E-state index in [1.807, 2.05) is 0 Å². The molecule has 1 aromatic rings. The van der Waals surface area contributed by atoms with Crippen LogP contribution in [0.5, 0.6) is 0 Å². The van der Waals surface area contributed by atoms with Crippen LogP contribution in [0.4, 0.5) is 0 Å². The minimum absolute atomic E-state index is 0.00650. The van der Waals surface area contributed by atoms with Crippen LogP contribution in [0.3, 0.4) is 0 Å². The van der Waals surface area contributed by atoms with Crippen molar-refractivity contribution in [1.82, 2.24) is 14.7 Å². The van der Waals surface area contributed by atoms with Crippen LogP contribution in [-0.4, -0.2) is 94.7 Å². The molecule has 2 amide bonds. The lowest BCUT2D eigenvalue weighted by Crippen LogP contribution is -2.46. The fourth-order valence-electron chi connectivity index (χ4n) is 4.48. The first-order chi connectivity index (χ1) is 15.7. The molecule has 3 atom stereocenters. The van der Waals surface area contributed by atoms with Crippen molar-refractivity contribution < 1.29 is 19.8 Å². The van der Waals surface area contributed by atoms with E-state index in [0.717, 1.165) is 18.5 Å². The van der Waals surface area contributed by atoms with Crippen molar-refractivity contribution in [2.75, 3.05) is 45.8 Å². The molecule has 2 aliphatic rings. The number of halogens is 2. The van der Waals surface area contributed by atoms with Gasteiger partial charge in [0.05, 0.1) is 22.3 Å². The summed E-state index contributed by atoms with van der Waals surface area (Å²) in [5.41, 5.74) is 0.773. The van der Waals surface area contributed by atoms with Gasteiger partial charge in [0.25, 0.3) is 0 Å². The number of aliphatic hydroxyl groups excluding tert-OH is 2. The predicted molar refractivity (Wildman–Crippen MR) is 130 cm³/mol. The number of hydrogen-bond donors (Lipinski definition) is 2. The maximum absolute atomic E-state index is 12.6. The maximum Gasteiger partial charge on any atom is 0.246 e. The van der Waals surface area contributed by atoms with Gasteiger partial charge in [-0.3, -0.25) is 14.5 Å². The monoisotopic (exact) mass is 497 g/mol. The highest BCUT2D eigenvalue weighted by Crippen LogP contribution is 2.23. The molecule has 2 fully saturated rings. The molecule has 0 aromatic heterocycles. The summed E-state index contributed by atoms with van der Waals surface area (Å²) in [6.07, 6.45) is 3.79. The van der Waals surface area contributed by atoms with Crippen LogP contribution < -0.4 is 0 Å². The van der Waals surface area contributed by atoms with Crippen molar-refractivity contribution in [2.45, 2.75) is 38.4 Å². The number of likely N-dealkylation sites (tertiary alicyclic amines) is 1. The highest BCUT2D eigenvalue weighted by molar-refractivity contribution is 6.42. The lowest BCUT2D eigenvalue weighted by molar-refractivity contribution is -0.130. The van der Waals surface area contributed by atoms with Gasteiger partial charge in [0.2, 0.25) is 11.8 Å². The Morgan fingerprint density at radius 3 is 2.73 bits per heavy atom. The molecule has 2 aliphatic heterocycles. The number of amides is 2. The summed E-state index contributed by atoms with van der Waals surface area (Å²) >= 11 is 11.9. The molecule has 0 saturated carbocycles. The summed E-state index contributed by atoms with van der Waals surface area (Å²) in [5, 5.41) is 21.3. The van der Waals surface area contributed by atoms with Gasteiger partial charge in [-0.2, -0.15) is 0 Å². The predicted octanol–water partition coefficient (Wildman–Crippen LogP) is 2.52. The largest absolute Gasteiger partial charge is 0.392 e. The summed E-state index contributed by atoms with van der Waals surface area (Å²) in [5.74, 6) is 0.240. The highest BCUT2D eigenvalue weighted by Gasteiger charge is 2.26. The number of β-amino-alcohol motifs (C(OH)–C–C–N with tert-alkyl or cyclic N) is 2. The van der Waals surface area contributed by atoms with Crippen LogP contribution in [0.2, 0.25) is 10.0 Å². The summed E-state index contributed by atoms with van der Waals surface area (Å²) in [7, 11) is 0. The Balaban J connectivity index is 1.46. The van der Waals surface area contributed by atoms with Gasteiger partial charge in [-0.15, -0.1) is 0 Å². The Morgan fingerprint density at radius 2 is 2.00 bits per heavy atom. The second-order valence-electron chi connectivity index (χ2n) is 9.12. The molecular formula is C24H33Cl2N3O4. The molecule has 2 heterocycles. The molecule has 0 unspecified atom stereocenters. The first-order valence-electron chi connectivity index (χ1n) is 11.5. The minimum atomic E-state index is -0.564. The average molecular weight is 498 g/mol. The van der Waals surface area contributed by atoms with Crippen molar-refractivity contribution in [1.29, 1.82) is 0 Å². The molecule has 3 rings (SSSR count). The van der Waals surface area contributed by atoms with Gasteiger partial charge in [-0.05, 0) is 42.5 Å². The Kier molecular flexibility index (Phi) is 9.58. The SMILES string of the molecule is C[C@@H]1C[C@H](O)CN(C[C@H](O)CCN2CCN(C(=O)C=Cc3ccc(Cl)c(Cl)c3)CCC2=O)C1. The first kappa shape index (κ1) is 26.0. The second-order valence-corrected chi connectivity index (χ2v) is 9.93. The van der Waals surface area contributed by atoms with Crippen molar-refractivity contribution in [3.63, 3.8) is 0 Å². The van der Waals surface area contributed by atoms with E-state index in [1.165, 1.54) is 6.08 Å². The van der Waals surface area contributed by atoms with Crippen LogP contribution in [0.25, 0.3) is 6.08 Å². The number of benzene rings is 1. The summed E-state index contributed by atoms with van der Waals surface area (Å²) in [6, 6.07) is 5.15. The van der Waals surface area contributed by atoms with Gasteiger partial charge < -0.3 is 20.0 Å². The van der Waals surface area contributed by atoms with Gasteiger partial charge >= 0.3 is 0 Å². The molecule has 9 heteroatoms. The van der Waals surface area contributed by atoms with E-state index in [2.05, 4.69) is 11.8 Å². The van der Waals surface area contributed by atoms with Gasteiger partial charge in [-0.1, -0.05) is 36.2 Å². The Hall–Kier alpha value is -1.64. The lowest BCUT2D eigenvalue weighted by Gasteiger charge is -2.35. The molecule has 2 N–H and O–H groups in total. The van der Waals surface area contributed by atoms with Gasteiger partial charge in [0.1, 0.15) is 0 Å². The third-order valence-electron chi connectivity index (χ3n) is 6.18. The zero-order valence-electron chi connectivity index (χ0n) is 19.0. The number of rotatable bonds is 7. The number of carbonyl (C=O) groups is 2. The zero-order valence-corrected chi connectivity index (χ0v) is 20.5. The Morgan fingerprint density at radius 1 is 1.21 bits per heavy atom. The van der Waals surface area contributed by atoms with Crippen LogP contribution in [0.1, 0.15) is 31.7 Å². The second kappa shape index (κ2) is 12.2. The molecular weight excluding hydrogens is 465 g/mol. The van der Waals surface area contributed by atoms with Crippen LogP contribution in [0.15, 0.2) is 24.3 Å². The van der Waals surface area contributed by atoms with E-state index < -0.39 is 6.10 Å². The van der Waals surface area contributed by atoms with Gasteiger partial charge in [0, 0.05) is 58.3 Å². The molecule has 0 bridgehead atoms. The van der Waals surface area contributed by atoms with Crippen molar-refractivity contribution in [2.24, 2.45) is 5.92 Å². The molecule has 1 aromatic carbocycles. The molecule has 0 aliphatic carbocycles. The van der Waals surface area contributed by atoms with E-state index in [1.54, 1.807) is 34.1 Å². The van der Waals surface area contributed by atoms with E-state index in [4.69, 9.17) is 23.2 Å². The van der Waals surface area contributed by atoms with E-state index in [0.29, 0.717) is 61.7 Å². The van der Waals surface area contributed by atoms with Gasteiger partial charge in [-0.25, -0.2) is 0 Å². The van der Waals surface area contributed by atoms with Crippen molar-refractivity contribution >= 4 is 41.1 Å². The molecule has 7 nitrogen and oxygen atoms in total. The molecule has 0 spiro atoms. The maximum atomic E-state index is 12.6. The quantitative estimate of drug-likeness (QED) is 0.565. The number of hydrogen-bond acceptors (Lipinski definition) is 5. The van der Waals surface area contributed by atoms with Crippen LogP contribution >= 0.6 is 23.2 Å². The number of aliphatic hydroxyl groups is 2. The normalized spacial score (nSPS) is 23.7. The molecule has 2 saturated heterocycles. The standard InChI is InChI=1S/C24H33Cl2N3O4/c1-17-12-20(31)16-27(14-17)15-19(30)6-8-28-10-11-29(9-7-24(28)33)23(32)5-3-18-2-4-21(25)22(26)13-18/h2-5,13,17,19-20,30-31H,6-12,14-16H2,1H3/t17-,19-,20+/m1/s1. The lowest BCUT2D eigenvalue weighted by atomic mass is 9.97. The minimum Gasteiger partial charge on any atom is -0.392 e. The molecule has 182 valence electrons. The summed E-state index contributed by atoms with van der Waals surface area (Å²) in [4.78, 5) is 30.6. The van der Waals surface area contributed by atoms with Crippen molar-refractivity contribution in [3.05, 3.63) is 39.9 Å². The van der Waals surface area contributed by atoms with Crippen molar-refractivity contribution in [3.8, 4) is 0 Å². The zero-order chi connectivity index (χ0) is 24.0. The average Bonchev–Trinajstić information content (AvgIpc) is 2.93. The van der Waals surface area contributed by atoms with Crippen LogP contribution in [-0.2, 0) is 9.59 Å². The number of carbonyl (C=O) groups excluding carboxylic acids is 2. The van der Waals surface area contributed by atoms with E-state index in [9.17, 15) is 19.8 Å². The molecule has 33 heavy (non-hydrogen) atoms. The smallest absolute Gasteiger partial charge is 0.246 e. The van der Waals surface area contributed by atoms with E-state index >= 15 is 0 Å². The Labute approximate surface area is 205 Å². The molecule has 0 radical (unpaired) electrons. The van der Waals surface area contributed by atoms with E-state index in [-0.39, 0.29) is 24.3 Å². The number of piperidine rings is 1. The Bertz CT molecular complexity index is 856. The first-order valence-corrected chi connectivity index (χ1v) is 12.2.